The lowest BCUT2D eigenvalue weighted by Gasteiger charge is -2.37. The number of nitrogens with zero attached hydrogens (tertiary/aromatic N) is 1. The van der Waals surface area contributed by atoms with E-state index in [1.165, 1.54) is 18.9 Å². The van der Waals surface area contributed by atoms with Crippen molar-refractivity contribution in [1.82, 2.24) is 15.5 Å². The summed E-state index contributed by atoms with van der Waals surface area (Å²) in [5.41, 5.74) is -2.31. The number of ketones is 1. The van der Waals surface area contributed by atoms with E-state index in [1.54, 1.807) is 34.9 Å². The summed E-state index contributed by atoms with van der Waals surface area (Å²) >= 11 is 0. The highest BCUT2D eigenvalue weighted by Gasteiger charge is 2.49. The van der Waals surface area contributed by atoms with Gasteiger partial charge in [0, 0.05) is 13.5 Å². The van der Waals surface area contributed by atoms with E-state index in [-0.39, 0.29) is 17.7 Å². The first kappa shape index (κ1) is 35.9. The number of ether oxygens (including phenoxy) is 1. The van der Waals surface area contributed by atoms with Crippen LogP contribution in [0.4, 0.5) is 0 Å². The number of likely N-dealkylation sites (N-methyl/N-ethyl adjacent to an activating group) is 3. The zero-order valence-electron chi connectivity index (χ0n) is 24.6. The van der Waals surface area contributed by atoms with Gasteiger partial charge in [-0.15, -0.1) is 0 Å². The van der Waals surface area contributed by atoms with Gasteiger partial charge in [-0.25, -0.2) is 4.79 Å². The number of rotatable bonds is 19. The molecule has 0 bridgehead atoms. The highest BCUT2D eigenvalue weighted by Crippen LogP contribution is 2.29. The van der Waals surface area contributed by atoms with Gasteiger partial charge in [-0.2, -0.15) is 0 Å². The van der Waals surface area contributed by atoms with Crippen LogP contribution in [0.15, 0.2) is 0 Å². The smallest absolute Gasteiger partial charge is 0.348 e. The number of amides is 1. The number of aliphatic hydroxyl groups excluding tert-OH is 2. The molecule has 3 unspecified atom stereocenters. The predicted molar refractivity (Wildman–Crippen MR) is 144 cm³/mol. The van der Waals surface area contributed by atoms with Crippen LogP contribution in [0.2, 0.25) is 0 Å². The van der Waals surface area contributed by atoms with Crippen molar-refractivity contribution in [3.63, 3.8) is 0 Å². The lowest BCUT2D eigenvalue weighted by molar-refractivity contribution is -0.186. The molecule has 0 aromatic rings. The zero-order chi connectivity index (χ0) is 29.8. The molecule has 1 amide bonds. The van der Waals surface area contributed by atoms with Gasteiger partial charge >= 0.3 is 11.9 Å². The molecule has 5 N–H and O–H groups in total. The molecule has 0 saturated carbocycles. The van der Waals surface area contributed by atoms with E-state index in [0.29, 0.717) is 25.7 Å². The minimum absolute atomic E-state index is 0.110. The first-order chi connectivity index (χ1) is 17.5. The van der Waals surface area contributed by atoms with Gasteiger partial charge in [0.05, 0.1) is 30.7 Å². The molecule has 0 heterocycles. The molecule has 0 saturated heterocycles. The van der Waals surface area contributed by atoms with Crippen LogP contribution in [0.5, 0.6) is 0 Å². The molecule has 222 valence electrons. The molecule has 0 aliphatic heterocycles. The number of hydrogen-bond acceptors (Lipinski definition) is 9. The lowest BCUT2D eigenvalue weighted by atomic mass is 9.83. The maximum atomic E-state index is 13.8. The number of hydrogen-bond donors (Lipinski definition) is 5. The summed E-state index contributed by atoms with van der Waals surface area (Å²) in [7, 11) is 4.67. The van der Waals surface area contributed by atoms with Crippen LogP contribution in [0.1, 0.15) is 80.1 Å². The van der Waals surface area contributed by atoms with Crippen LogP contribution < -0.4 is 10.6 Å². The fourth-order valence-corrected chi connectivity index (χ4v) is 4.66. The van der Waals surface area contributed by atoms with Gasteiger partial charge in [-0.05, 0) is 66.0 Å². The van der Waals surface area contributed by atoms with E-state index in [4.69, 9.17) is 4.74 Å². The van der Waals surface area contributed by atoms with Gasteiger partial charge in [0.15, 0.2) is 5.78 Å². The Morgan fingerprint density at radius 2 is 1.50 bits per heavy atom. The van der Waals surface area contributed by atoms with Crippen molar-refractivity contribution in [2.75, 3.05) is 21.1 Å². The summed E-state index contributed by atoms with van der Waals surface area (Å²) in [4.78, 5) is 53.8. The third-order valence-corrected chi connectivity index (χ3v) is 6.83. The maximum absolute atomic E-state index is 13.8. The maximum Gasteiger partial charge on any atom is 0.348 e. The van der Waals surface area contributed by atoms with Crippen molar-refractivity contribution < 1.29 is 39.2 Å². The van der Waals surface area contributed by atoms with Crippen molar-refractivity contribution in [2.24, 2.45) is 11.8 Å². The average Bonchev–Trinajstić information content (AvgIpc) is 2.80. The fourth-order valence-electron chi connectivity index (χ4n) is 4.66. The Labute approximate surface area is 227 Å². The van der Waals surface area contributed by atoms with Gasteiger partial charge in [-0.1, -0.05) is 27.2 Å². The molecule has 38 heavy (non-hydrogen) atoms. The Hall–Kier alpha value is -2.08. The number of carbonyl (C=O) groups excluding carboxylic acids is 3. The van der Waals surface area contributed by atoms with Crippen LogP contribution >= 0.6 is 0 Å². The number of carboxylic acid groups (broad SMARTS) is 1. The van der Waals surface area contributed by atoms with E-state index in [9.17, 15) is 34.5 Å². The van der Waals surface area contributed by atoms with Gasteiger partial charge < -0.3 is 35.6 Å². The fraction of sp³-hybridized carbons (Fsp3) is 0.852. The number of nitrogens with one attached hydrogen (secondary N) is 2. The Bertz CT molecular complexity index is 773. The molecular formula is C27H51N3O8. The third kappa shape index (κ3) is 11.3. The lowest BCUT2D eigenvalue weighted by Crippen LogP contribution is -2.56. The first-order valence-corrected chi connectivity index (χ1v) is 13.5. The topological polar surface area (TPSA) is 165 Å². The third-order valence-electron chi connectivity index (χ3n) is 6.83. The van der Waals surface area contributed by atoms with Crippen molar-refractivity contribution in [3.05, 3.63) is 0 Å². The van der Waals surface area contributed by atoms with Gasteiger partial charge in [0.25, 0.3) is 0 Å². The van der Waals surface area contributed by atoms with Gasteiger partial charge in [0.1, 0.15) is 6.04 Å². The predicted octanol–water partition coefficient (Wildman–Crippen LogP) is 1.34. The molecule has 11 heteroatoms. The van der Waals surface area contributed by atoms with Crippen LogP contribution in [-0.4, -0.2) is 101 Å². The summed E-state index contributed by atoms with van der Waals surface area (Å²) in [6.07, 6.45) is -0.922. The van der Waals surface area contributed by atoms with Crippen molar-refractivity contribution in [2.45, 2.75) is 116 Å². The molecule has 0 rings (SSSR count). The number of aliphatic carboxylic acids is 1. The van der Waals surface area contributed by atoms with Crippen LogP contribution in [0.25, 0.3) is 0 Å². The zero-order valence-corrected chi connectivity index (χ0v) is 24.6. The molecule has 7 atom stereocenters. The monoisotopic (exact) mass is 545 g/mol. The number of aliphatic hydroxyl groups is 2. The van der Waals surface area contributed by atoms with E-state index < -0.39 is 66.5 Å². The Kier molecular flexibility index (Phi) is 15.9. The molecule has 11 nitrogen and oxygen atoms in total. The van der Waals surface area contributed by atoms with E-state index in [0.717, 1.165) is 0 Å². The van der Waals surface area contributed by atoms with Crippen molar-refractivity contribution >= 4 is 23.6 Å². The van der Waals surface area contributed by atoms with E-state index in [1.807, 2.05) is 13.8 Å². The SMILES string of the molecule is CN[C@@H](CC(C)C)C(=O)OC(CC(=O)[C@H]([C@@H](C)CCCC(C)O)N(C)C(=O)[C@@H](C)NC)(CC(C)O)C(=O)O. The van der Waals surface area contributed by atoms with Crippen molar-refractivity contribution in [3.8, 4) is 0 Å². The normalized spacial score (nSPS) is 18.0. The number of carbonyl (C=O) groups is 4. The second kappa shape index (κ2) is 16.8. The molecule has 0 fully saturated rings. The number of esters is 1. The summed E-state index contributed by atoms with van der Waals surface area (Å²) < 4.78 is 5.56. The summed E-state index contributed by atoms with van der Waals surface area (Å²) in [5.74, 6) is -3.58. The molecular weight excluding hydrogens is 494 g/mol. The molecule has 0 aromatic heterocycles. The van der Waals surface area contributed by atoms with Gasteiger partial charge in [-0.3, -0.25) is 14.4 Å². The summed E-state index contributed by atoms with van der Waals surface area (Å²) in [6.45, 7) is 10.3. The Morgan fingerprint density at radius 1 is 0.921 bits per heavy atom. The second-order valence-electron chi connectivity index (χ2n) is 11.0. The molecule has 0 radical (unpaired) electrons. The van der Waals surface area contributed by atoms with Crippen molar-refractivity contribution in [1.29, 1.82) is 0 Å². The molecule has 0 aliphatic carbocycles. The van der Waals surface area contributed by atoms with E-state index >= 15 is 0 Å². The minimum atomic E-state index is -2.31. The quantitative estimate of drug-likeness (QED) is 0.150. The molecule has 0 aromatic carbocycles. The largest absolute Gasteiger partial charge is 0.478 e. The number of carboxylic acids is 1. The highest BCUT2D eigenvalue weighted by molar-refractivity contribution is 5.95. The first-order valence-electron chi connectivity index (χ1n) is 13.5. The Morgan fingerprint density at radius 3 is 1.92 bits per heavy atom. The molecule has 0 spiro atoms. The Balaban J connectivity index is 6.36. The minimum Gasteiger partial charge on any atom is -0.478 e. The van der Waals surface area contributed by atoms with Crippen LogP contribution in [-0.2, 0) is 23.9 Å². The summed E-state index contributed by atoms with van der Waals surface area (Å²) in [6, 6.07) is -2.39. The summed E-state index contributed by atoms with van der Waals surface area (Å²) in [5, 5.41) is 35.7. The van der Waals surface area contributed by atoms with E-state index in [2.05, 4.69) is 10.6 Å². The van der Waals surface area contributed by atoms with Crippen LogP contribution in [0.3, 0.4) is 0 Å². The van der Waals surface area contributed by atoms with Crippen LogP contribution in [0, 0.1) is 11.8 Å². The number of Topliss-reactive ketones (excluding diaryl/α,β-unsaturated/α-hetero) is 1. The molecule has 0 aliphatic rings. The standard InChI is InChI=1S/C27H51N3O8/c1-16(2)13-21(29-8)25(35)38-27(26(36)37,14-19(5)32)15-22(33)23(17(3)11-10-12-18(4)31)30(9)24(34)20(6)28-7/h16-21,23,28-29,31-32H,10-15H2,1-9H3,(H,36,37)/t17-,18?,19?,20+,21-,23-,27?/m0/s1. The highest BCUT2D eigenvalue weighted by atomic mass is 16.6. The average molecular weight is 546 g/mol. The second-order valence-corrected chi connectivity index (χ2v) is 11.0. The van der Waals surface area contributed by atoms with Gasteiger partial charge in [0.2, 0.25) is 11.5 Å².